The maximum atomic E-state index is 13.7. The fourth-order valence-electron chi connectivity index (χ4n) is 1.77. The highest BCUT2D eigenvalue weighted by Gasteiger charge is 2.41. The predicted octanol–water partition coefficient (Wildman–Crippen LogP) is 2.65. The second-order valence-electron chi connectivity index (χ2n) is 4.49. The molecule has 1 nitrogen and oxygen atoms in total. The van der Waals surface area contributed by atoms with Gasteiger partial charge in [0.05, 0.1) is 5.60 Å². The lowest BCUT2D eigenvalue weighted by Crippen LogP contribution is -2.14. The molecule has 0 spiro atoms. The summed E-state index contributed by atoms with van der Waals surface area (Å²) in [5.41, 5.74) is 0.162. The number of benzene rings is 1. The van der Waals surface area contributed by atoms with Crippen LogP contribution in [0, 0.1) is 25.5 Å². The molecule has 1 aliphatic carbocycles. The van der Waals surface area contributed by atoms with Gasteiger partial charge in [-0.25, -0.2) is 8.78 Å². The van der Waals surface area contributed by atoms with Crippen LogP contribution in [0.25, 0.3) is 0 Å². The van der Waals surface area contributed by atoms with Crippen molar-refractivity contribution in [3.05, 3.63) is 34.4 Å². The largest absolute Gasteiger partial charge is 0.390 e. The van der Waals surface area contributed by atoms with Crippen LogP contribution < -0.4 is 0 Å². The van der Waals surface area contributed by atoms with Crippen LogP contribution >= 0.6 is 0 Å². The smallest absolute Gasteiger partial charge is 0.129 e. The monoisotopic (exact) mass is 212 g/mol. The quantitative estimate of drug-likeness (QED) is 0.799. The number of hydrogen-bond donors (Lipinski definition) is 1. The molecule has 0 aromatic heterocycles. The van der Waals surface area contributed by atoms with Crippen LogP contribution in [0.2, 0.25) is 0 Å². The molecule has 0 unspecified atom stereocenters. The summed E-state index contributed by atoms with van der Waals surface area (Å²) in [6, 6.07) is 1.20. The zero-order chi connectivity index (χ0) is 11.2. The number of aryl methyl sites for hydroxylation is 1. The van der Waals surface area contributed by atoms with Gasteiger partial charge in [0, 0.05) is 6.42 Å². The third kappa shape index (κ3) is 1.88. The molecular weight excluding hydrogens is 198 g/mol. The summed E-state index contributed by atoms with van der Waals surface area (Å²) in [6.45, 7) is 3.09. The van der Waals surface area contributed by atoms with Crippen LogP contribution in [0.3, 0.4) is 0 Å². The Hall–Kier alpha value is -0.960. The van der Waals surface area contributed by atoms with Crippen LogP contribution in [0.15, 0.2) is 6.07 Å². The molecule has 0 atom stereocenters. The zero-order valence-corrected chi connectivity index (χ0v) is 8.90. The van der Waals surface area contributed by atoms with Crippen molar-refractivity contribution in [2.24, 2.45) is 0 Å². The highest BCUT2D eigenvalue weighted by molar-refractivity contribution is 5.35. The molecule has 1 N–H and O–H groups in total. The average Bonchev–Trinajstić information content (AvgIpc) is 2.89. The van der Waals surface area contributed by atoms with E-state index in [0.29, 0.717) is 29.5 Å². The molecule has 1 aliphatic rings. The lowest BCUT2D eigenvalue weighted by Gasteiger charge is -2.13. The predicted molar refractivity (Wildman–Crippen MR) is 53.7 cm³/mol. The van der Waals surface area contributed by atoms with Crippen molar-refractivity contribution < 1.29 is 13.9 Å². The van der Waals surface area contributed by atoms with Crippen molar-refractivity contribution in [1.82, 2.24) is 0 Å². The molecule has 0 heterocycles. The van der Waals surface area contributed by atoms with Gasteiger partial charge in [0.1, 0.15) is 11.6 Å². The molecule has 0 amide bonds. The Morgan fingerprint density at radius 3 is 2.47 bits per heavy atom. The lowest BCUT2D eigenvalue weighted by atomic mass is 9.97. The highest BCUT2D eigenvalue weighted by atomic mass is 19.1. The second-order valence-corrected chi connectivity index (χ2v) is 4.49. The summed E-state index contributed by atoms with van der Waals surface area (Å²) in [5.74, 6) is -0.776. The molecule has 15 heavy (non-hydrogen) atoms. The van der Waals surface area contributed by atoms with E-state index in [1.165, 1.54) is 13.0 Å². The van der Waals surface area contributed by atoms with Gasteiger partial charge in [0.15, 0.2) is 0 Å². The van der Waals surface area contributed by atoms with E-state index in [-0.39, 0.29) is 12.2 Å². The van der Waals surface area contributed by atoms with Gasteiger partial charge in [-0.2, -0.15) is 0 Å². The number of halogens is 2. The van der Waals surface area contributed by atoms with Crippen LogP contribution in [-0.2, 0) is 6.42 Å². The maximum absolute atomic E-state index is 13.7. The molecule has 0 radical (unpaired) electrons. The van der Waals surface area contributed by atoms with Gasteiger partial charge in [0.25, 0.3) is 0 Å². The number of rotatable bonds is 2. The first-order valence-electron chi connectivity index (χ1n) is 5.09. The summed E-state index contributed by atoms with van der Waals surface area (Å²) in [4.78, 5) is 0. The van der Waals surface area contributed by atoms with E-state index in [2.05, 4.69) is 0 Å². The summed E-state index contributed by atoms with van der Waals surface area (Å²) in [7, 11) is 0. The molecule has 0 saturated heterocycles. The first-order valence-corrected chi connectivity index (χ1v) is 5.09. The van der Waals surface area contributed by atoms with Crippen LogP contribution in [0.5, 0.6) is 0 Å². The van der Waals surface area contributed by atoms with Crippen LogP contribution in [0.4, 0.5) is 8.78 Å². The van der Waals surface area contributed by atoms with Gasteiger partial charge < -0.3 is 5.11 Å². The molecule has 3 heteroatoms. The van der Waals surface area contributed by atoms with Crippen molar-refractivity contribution in [2.75, 3.05) is 0 Å². The highest BCUT2D eigenvalue weighted by Crippen LogP contribution is 2.39. The van der Waals surface area contributed by atoms with E-state index in [9.17, 15) is 13.9 Å². The van der Waals surface area contributed by atoms with Gasteiger partial charge in [0.2, 0.25) is 0 Å². The summed E-state index contributed by atoms with van der Waals surface area (Å²) in [5, 5.41) is 9.72. The van der Waals surface area contributed by atoms with Gasteiger partial charge in [-0.3, -0.25) is 0 Å². The van der Waals surface area contributed by atoms with Gasteiger partial charge in [-0.15, -0.1) is 0 Å². The average molecular weight is 212 g/mol. The first-order chi connectivity index (χ1) is 6.93. The molecule has 1 fully saturated rings. The fraction of sp³-hybridized carbons (Fsp3) is 0.500. The minimum atomic E-state index is -0.786. The van der Waals surface area contributed by atoms with E-state index in [1.807, 2.05) is 0 Å². The third-order valence-electron chi connectivity index (χ3n) is 3.10. The van der Waals surface area contributed by atoms with E-state index in [0.717, 1.165) is 0 Å². The summed E-state index contributed by atoms with van der Waals surface area (Å²) in [6.07, 6.45) is 1.59. The maximum Gasteiger partial charge on any atom is 0.129 e. The van der Waals surface area contributed by atoms with E-state index >= 15 is 0 Å². The van der Waals surface area contributed by atoms with E-state index < -0.39 is 11.4 Å². The normalized spacial score (nSPS) is 17.9. The summed E-state index contributed by atoms with van der Waals surface area (Å²) < 4.78 is 27.1. The Balaban J connectivity index is 2.44. The minimum Gasteiger partial charge on any atom is -0.390 e. The molecule has 2 rings (SSSR count). The van der Waals surface area contributed by atoms with Crippen molar-refractivity contribution in [3.63, 3.8) is 0 Å². The van der Waals surface area contributed by atoms with Crippen molar-refractivity contribution in [3.8, 4) is 0 Å². The molecule has 1 aromatic carbocycles. The van der Waals surface area contributed by atoms with Gasteiger partial charge in [-0.1, -0.05) is 0 Å². The Bertz CT molecular complexity index is 382. The Morgan fingerprint density at radius 2 is 1.93 bits per heavy atom. The van der Waals surface area contributed by atoms with Crippen LogP contribution in [0.1, 0.15) is 29.5 Å². The van der Waals surface area contributed by atoms with E-state index in [4.69, 9.17) is 0 Å². The first kappa shape index (κ1) is 10.6. The number of hydrogen-bond acceptors (Lipinski definition) is 1. The molecule has 1 aromatic rings. The fourth-order valence-corrected chi connectivity index (χ4v) is 1.77. The van der Waals surface area contributed by atoms with Crippen LogP contribution in [-0.4, -0.2) is 10.7 Å². The number of aliphatic hydroxyl groups is 1. The molecule has 0 aliphatic heterocycles. The zero-order valence-electron chi connectivity index (χ0n) is 8.90. The minimum absolute atomic E-state index is 0.225. The molecular formula is C12H14F2O. The Morgan fingerprint density at radius 1 is 1.33 bits per heavy atom. The standard InChI is InChI=1S/C12H14F2O/c1-7-5-10(13)8(2)9(11(7)14)6-12(15)3-4-12/h5,15H,3-4,6H2,1-2H3. The summed E-state index contributed by atoms with van der Waals surface area (Å²) >= 11 is 0. The SMILES string of the molecule is Cc1cc(F)c(C)c(CC2(O)CC2)c1F. The Labute approximate surface area is 87.7 Å². The van der Waals surface area contributed by atoms with Gasteiger partial charge in [-0.05, 0) is 49.4 Å². The lowest BCUT2D eigenvalue weighted by molar-refractivity contribution is 0.149. The van der Waals surface area contributed by atoms with Gasteiger partial charge >= 0.3 is 0 Å². The Kier molecular flexibility index (Phi) is 2.30. The molecule has 1 saturated carbocycles. The van der Waals surface area contributed by atoms with Crippen molar-refractivity contribution >= 4 is 0 Å². The van der Waals surface area contributed by atoms with Crippen molar-refractivity contribution in [1.29, 1.82) is 0 Å². The molecule has 82 valence electrons. The topological polar surface area (TPSA) is 20.2 Å². The second kappa shape index (κ2) is 3.27. The molecule has 0 bridgehead atoms. The van der Waals surface area contributed by atoms with Crippen molar-refractivity contribution in [2.45, 2.75) is 38.7 Å². The third-order valence-corrected chi connectivity index (χ3v) is 3.10. The van der Waals surface area contributed by atoms with E-state index in [1.54, 1.807) is 6.92 Å².